The number of carbonyl (C=O) groups excluding carboxylic acids is 1. The van der Waals surface area contributed by atoms with Gasteiger partial charge in [0.2, 0.25) is 5.91 Å². The summed E-state index contributed by atoms with van der Waals surface area (Å²) in [5.41, 5.74) is 3.69. The van der Waals surface area contributed by atoms with Crippen LogP contribution in [0.5, 0.6) is 0 Å². The average Bonchev–Trinajstić information content (AvgIpc) is 2.53. The highest BCUT2D eigenvalue weighted by molar-refractivity contribution is 7.98. The van der Waals surface area contributed by atoms with Gasteiger partial charge in [0, 0.05) is 17.9 Å². The Morgan fingerprint density at radius 2 is 1.77 bits per heavy atom. The monoisotopic (exact) mass is 313 g/mol. The zero-order valence-corrected chi connectivity index (χ0v) is 14.0. The van der Waals surface area contributed by atoms with E-state index in [0.29, 0.717) is 6.42 Å². The molecule has 0 bridgehead atoms. The second-order valence-electron chi connectivity index (χ2n) is 5.49. The summed E-state index contributed by atoms with van der Waals surface area (Å²) < 4.78 is 0. The first kappa shape index (κ1) is 16.6. The predicted octanol–water partition coefficient (Wildman–Crippen LogP) is 4.50. The SMILES string of the molecule is Cc1ccc([C@H](C)NC(=O)CCSCc2ccccc2)cc1. The van der Waals surface area contributed by atoms with Crippen molar-refractivity contribution in [3.05, 3.63) is 71.3 Å². The van der Waals surface area contributed by atoms with Gasteiger partial charge < -0.3 is 5.32 Å². The van der Waals surface area contributed by atoms with E-state index in [0.717, 1.165) is 17.1 Å². The summed E-state index contributed by atoms with van der Waals surface area (Å²) >= 11 is 1.80. The normalized spacial score (nSPS) is 11.9. The summed E-state index contributed by atoms with van der Waals surface area (Å²) in [5.74, 6) is 1.93. The fraction of sp³-hybridized carbons (Fsp3) is 0.316. The van der Waals surface area contributed by atoms with E-state index in [-0.39, 0.29) is 11.9 Å². The molecular formula is C19H23NOS. The van der Waals surface area contributed by atoms with Crippen molar-refractivity contribution in [3.8, 4) is 0 Å². The zero-order chi connectivity index (χ0) is 15.8. The lowest BCUT2D eigenvalue weighted by atomic mass is 10.1. The molecule has 0 saturated heterocycles. The molecule has 0 unspecified atom stereocenters. The molecule has 0 radical (unpaired) electrons. The molecular weight excluding hydrogens is 290 g/mol. The maximum Gasteiger partial charge on any atom is 0.221 e. The van der Waals surface area contributed by atoms with Gasteiger partial charge in [0.15, 0.2) is 0 Å². The van der Waals surface area contributed by atoms with Gasteiger partial charge in [-0.25, -0.2) is 0 Å². The fourth-order valence-corrected chi connectivity index (χ4v) is 3.08. The Hall–Kier alpha value is -1.74. The molecule has 2 rings (SSSR count). The van der Waals surface area contributed by atoms with Crippen LogP contribution in [0.2, 0.25) is 0 Å². The van der Waals surface area contributed by atoms with E-state index in [1.54, 1.807) is 11.8 Å². The molecule has 3 heteroatoms. The highest BCUT2D eigenvalue weighted by Crippen LogP contribution is 2.15. The minimum Gasteiger partial charge on any atom is -0.350 e. The van der Waals surface area contributed by atoms with Crippen LogP contribution in [-0.4, -0.2) is 11.7 Å². The van der Waals surface area contributed by atoms with Crippen LogP contribution in [0, 0.1) is 6.92 Å². The lowest BCUT2D eigenvalue weighted by Gasteiger charge is -2.14. The van der Waals surface area contributed by atoms with Gasteiger partial charge in [-0.2, -0.15) is 11.8 Å². The Kier molecular flexibility index (Phi) is 6.53. The van der Waals surface area contributed by atoms with Gasteiger partial charge in [0.05, 0.1) is 6.04 Å². The number of nitrogens with one attached hydrogen (secondary N) is 1. The summed E-state index contributed by atoms with van der Waals surface area (Å²) in [7, 11) is 0. The van der Waals surface area contributed by atoms with Crippen molar-refractivity contribution in [2.24, 2.45) is 0 Å². The highest BCUT2D eigenvalue weighted by atomic mass is 32.2. The first-order chi connectivity index (χ1) is 10.6. The molecule has 2 nitrogen and oxygen atoms in total. The minimum atomic E-state index is 0.0622. The maximum atomic E-state index is 12.0. The van der Waals surface area contributed by atoms with Crippen LogP contribution in [0.4, 0.5) is 0 Å². The highest BCUT2D eigenvalue weighted by Gasteiger charge is 2.09. The van der Waals surface area contributed by atoms with Crippen LogP contribution in [0.25, 0.3) is 0 Å². The molecule has 2 aromatic rings. The van der Waals surface area contributed by atoms with Crippen molar-refractivity contribution >= 4 is 17.7 Å². The van der Waals surface area contributed by atoms with Crippen LogP contribution in [0.1, 0.15) is 36.1 Å². The van der Waals surface area contributed by atoms with Crippen molar-refractivity contribution in [2.45, 2.75) is 32.1 Å². The van der Waals surface area contributed by atoms with Crippen molar-refractivity contribution in [2.75, 3.05) is 5.75 Å². The van der Waals surface area contributed by atoms with E-state index < -0.39 is 0 Å². The molecule has 0 heterocycles. The summed E-state index contributed by atoms with van der Waals surface area (Å²) in [4.78, 5) is 12.0. The first-order valence-electron chi connectivity index (χ1n) is 7.63. The lowest BCUT2D eigenvalue weighted by Crippen LogP contribution is -2.26. The third-order valence-corrected chi connectivity index (χ3v) is 4.57. The van der Waals surface area contributed by atoms with Crippen molar-refractivity contribution in [1.82, 2.24) is 5.32 Å². The summed E-state index contributed by atoms with van der Waals surface area (Å²) in [6.45, 7) is 4.09. The van der Waals surface area contributed by atoms with Crippen molar-refractivity contribution in [1.29, 1.82) is 0 Å². The van der Waals surface area contributed by atoms with E-state index in [2.05, 4.69) is 48.6 Å². The molecule has 0 aromatic heterocycles. The second-order valence-corrected chi connectivity index (χ2v) is 6.59. The van der Waals surface area contributed by atoms with Crippen LogP contribution in [0.15, 0.2) is 54.6 Å². The Labute approximate surface area is 137 Å². The summed E-state index contributed by atoms with van der Waals surface area (Å²) in [6, 6.07) is 18.7. The third kappa shape index (κ3) is 5.57. The number of hydrogen-bond donors (Lipinski definition) is 1. The van der Waals surface area contributed by atoms with Crippen molar-refractivity contribution in [3.63, 3.8) is 0 Å². The smallest absolute Gasteiger partial charge is 0.221 e. The molecule has 0 aliphatic rings. The number of benzene rings is 2. The number of amides is 1. The van der Waals surface area contributed by atoms with Gasteiger partial charge in [-0.15, -0.1) is 0 Å². The average molecular weight is 313 g/mol. The Morgan fingerprint density at radius 3 is 2.45 bits per heavy atom. The number of carbonyl (C=O) groups is 1. The summed E-state index contributed by atoms with van der Waals surface area (Å²) in [5, 5.41) is 3.06. The Morgan fingerprint density at radius 1 is 1.09 bits per heavy atom. The van der Waals surface area contributed by atoms with E-state index in [1.807, 2.05) is 25.1 Å². The van der Waals surface area contributed by atoms with Crippen LogP contribution in [-0.2, 0) is 10.5 Å². The molecule has 22 heavy (non-hydrogen) atoms. The van der Waals surface area contributed by atoms with E-state index in [4.69, 9.17) is 0 Å². The Bertz CT molecular complexity index is 580. The van der Waals surface area contributed by atoms with Gasteiger partial charge in [-0.05, 0) is 25.0 Å². The Balaban J connectivity index is 1.68. The number of aryl methyl sites for hydroxylation is 1. The van der Waals surface area contributed by atoms with Crippen molar-refractivity contribution < 1.29 is 4.79 Å². The van der Waals surface area contributed by atoms with Gasteiger partial charge in [-0.1, -0.05) is 60.2 Å². The zero-order valence-electron chi connectivity index (χ0n) is 13.2. The topological polar surface area (TPSA) is 29.1 Å². The van der Waals surface area contributed by atoms with Crippen LogP contribution in [0.3, 0.4) is 0 Å². The molecule has 0 aliphatic carbocycles. The fourth-order valence-electron chi connectivity index (χ4n) is 2.18. The van der Waals surface area contributed by atoms with Crippen LogP contribution < -0.4 is 5.32 Å². The van der Waals surface area contributed by atoms with Gasteiger partial charge >= 0.3 is 0 Å². The minimum absolute atomic E-state index is 0.0622. The van der Waals surface area contributed by atoms with E-state index in [1.165, 1.54) is 11.1 Å². The van der Waals surface area contributed by atoms with E-state index in [9.17, 15) is 4.79 Å². The maximum absolute atomic E-state index is 12.0. The quantitative estimate of drug-likeness (QED) is 0.763. The van der Waals surface area contributed by atoms with Gasteiger partial charge in [0.1, 0.15) is 0 Å². The standard InChI is InChI=1S/C19H23NOS/c1-15-8-10-18(11-9-15)16(2)20-19(21)12-13-22-14-17-6-4-3-5-7-17/h3-11,16H,12-14H2,1-2H3,(H,20,21)/t16-/m0/s1. The molecule has 2 aromatic carbocycles. The largest absolute Gasteiger partial charge is 0.350 e. The summed E-state index contributed by atoms with van der Waals surface area (Å²) in [6.07, 6.45) is 0.563. The van der Waals surface area contributed by atoms with Crippen LogP contribution >= 0.6 is 11.8 Å². The molecule has 0 fully saturated rings. The number of hydrogen-bond acceptors (Lipinski definition) is 2. The van der Waals surface area contributed by atoms with Gasteiger partial charge in [-0.3, -0.25) is 4.79 Å². The van der Waals surface area contributed by atoms with E-state index >= 15 is 0 Å². The van der Waals surface area contributed by atoms with Gasteiger partial charge in [0.25, 0.3) is 0 Å². The lowest BCUT2D eigenvalue weighted by molar-refractivity contribution is -0.121. The third-order valence-electron chi connectivity index (χ3n) is 3.54. The molecule has 1 N–H and O–H groups in total. The number of thioether (sulfide) groups is 1. The predicted molar refractivity (Wildman–Crippen MR) is 95.0 cm³/mol. The molecule has 0 aliphatic heterocycles. The molecule has 0 saturated carbocycles. The molecule has 1 atom stereocenters. The number of rotatable bonds is 7. The second kappa shape index (κ2) is 8.64. The molecule has 1 amide bonds. The molecule has 116 valence electrons. The first-order valence-corrected chi connectivity index (χ1v) is 8.78. The molecule has 0 spiro atoms.